The lowest BCUT2D eigenvalue weighted by Crippen LogP contribution is -2.32. The summed E-state index contributed by atoms with van der Waals surface area (Å²) in [6.07, 6.45) is 7.40. The molecule has 6 nitrogen and oxygen atoms in total. The molecule has 0 fully saturated rings. The molecular formula is C26H57NO5P2. The van der Waals surface area contributed by atoms with Gasteiger partial charge in [-0.05, 0) is 87.0 Å². The molecule has 206 valence electrons. The van der Waals surface area contributed by atoms with Crippen molar-refractivity contribution in [2.45, 2.75) is 112 Å². The third kappa shape index (κ3) is 23.0. The molecule has 0 N–H and O–H groups in total. The fourth-order valence-corrected chi connectivity index (χ4v) is 5.72. The molecule has 0 bridgehead atoms. The molecule has 0 saturated heterocycles. The molecule has 0 saturated carbocycles. The van der Waals surface area contributed by atoms with Crippen LogP contribution in [-0.2, 0) is 23.7 Å². The minimum absolute atomic E-state index is 0.0778. The van der Waals surface area contributed by atoms with E-state index in [1.165, 1.54) is 12.3 Å². The van der Waals surface area contributed by atoms with Crippen LogP contribution in [0, 0.1) is 0 Å². The summed E-state index contributed by atoms with van der Waals surface area (Å²) >= 11 is 0. The zero-order chi connectivity index (χ0) is 25.8. The van der Waals surface area contributed by atoms with Gasteiger partial charge in [-0.3, -0.25) is 0 Å². The van der Waals surface area contributed by atoms with E-state index in [4.69, 9.17) is 23.7 Å². The summed E-state index contributed by atoms with van der Waals surface area (Å²) in [5, 5.41) is 0. The number of rotatable bonds is 24. The Balaban J connectivity index is 4.26. The first-order valence-electron chi connectivity index (χ1n) is 13.5. The normalized spacial score (nSPS) is 13.4. The Labute approximate surface area is 215 Å². The van der Waals surface area contributed by atoms with Crippen LogP contribution in [0.3, 0.4) is 0 Å². The van der Waals surface area contributed by atoms with Gasteiger partial charge in [-0.2, -0.15) is 0 Å². The molecule has 8 heteroatoms. The molecule has 2 atom stereocenters. The van der Waals surface area contributed by atoms with Crippen LogP contribution in [0.4, 0.5) is 0 Å². The maximum Gasteiger partial charge on any atom is 0.158 e. The second-order valence-corrected chi connectivity index (χ2v) is 12.7. The molecule has 0 aliphatic carbocycles. The van der Waals surface area contributed by atoms with E-state index in [1.807, 2.05) is 0 Å². The highest BCUT2D eigenvalue weighted by Gasteiger charge is 2.15. The van der Waals surface area contributed by atoms with Crippen molar-refractivity contribution in [2.24, 2.45) is 0 Å². The summed E-state index contributed by atoms with van der Waals surface area (Å²) in [6, 6.07) is 0. The summed E-state index contributed by atoms with van der Waals surface area (Å²) in [6.45, 7) is 23.6. The van der Waals surface area contributed by atoms with E-state index in [2.05, 4.69) is 67.2 Å². The number of nitrogens with zero attached hydrogens (tertiary/aromatic N) is 1. The number of hydrogen-bond acceptors (Lipinski definition) is 6. The summed E-state index contributed by atoms with van der Waals surface area (Å²) in [5.41, 5.74) is 0. The lowest BCUT2D eigenvalue weighted by molar-refractivity contribution is -0.181. The molecule has 0 aliphatic rings. The van der Waals surface area contributed by atoms with Crippen molar-refractivity contribution in [3.8, 4) is 0 Å². The van der Waals surface area contributed by atoms with E-state index in [1.54, 1.807) is 0 Å². The molecule has 34 heavy (non-hydrogen) atoms. The Morgan fingerprint density at radius 1 is 0.559 bits per heavy atom. The molecule has 0 radical (unpaired) electrons. The van der Waals surface area contributed by atoms with Crippen LogP contribution in [0.1, 0.15) is 75.2 Å². The predicted molar refractivity (Wildman–Crippen MR) is 151 cm³/mol. The van der Waals surface area contributed by atoms with Crippen molar-refractivity contribution in [1.82, 2.24) is 4.90 Å². The second-order valence-electron chi connectivity index (χ2n) is 9.71. The van der Waals surface area contributed by atoms with Crippen molar-refractivity contribution < 1.29 is 23.7 Å². The molecule has 0 rings (SSSR count). The molecule has 0 heterocycles. The monoisotopic (exact) mass is 525 g/mol. The standard InChI is InChI=1S/C26H57NO5P2/c1-10-28-16-13-27(14-19-33-17-11-25(29-21(2)3)30-22(4)5)15-20-34-18-12-26(31-23(6)7)32-24(8)9/h21-26,33-34H,10-20H2,1-9H3. The van der Waals surface area contributed by atoms with Crippen LogP contribution in [0.25, 0.3) is 0 Å². The van der Waals surface area contributed by atoms with E-state index in [-0.39, 0.29) is 37.0 Å². The Morgan fingerprint density at radius 3 is 1.26 bits per heavy atom. The Hall–Kier alpha value is 0.620. The van der Waals surface area contributed by atoms with E-state index in [0.29, 0.717) is 0 Å². The van der Waals surface area contributed by atoms with Crippen molar-refractivity contribution in [3.63, 3.8) is 0 Å². The molecule has 0 spiro atoms. The average molecular weight is 526 g/mol. The van der Waals surface area contributed by atoms with Crippen molar-refractivity contribution in [2.75, 3.05) is 57.5 Å². The summed E-state index contributed by atoms with van der Waals surface area (Å²) < 4.78 is 29.3. The van der Waals surface area contributed by atoms with Gasteiger partial charge >= 0.3 is 0 Å². The Bertz CT molecular complexity index is 387. The van der Waals surface area contributed by atoms with Gasteiger partial charge in [0.15, 0.2) is 12.6 Å². The first kappa shape index (κ1) is 34.6. The van der Waals surface area contributed by atoms with Crippen LogP contribution in [0.2, 0.25) is 0 Å². The summed E-state index contributed by atoms with van der Waals surface area (Å²) in [4.78, 5) is 2.58. The fraction of sp³-hybridized carbons (Fsp3) is 1.00. The van der Waals surface area contributed by atoms with E-state index < -0.39 is 0 Å². The first-order chi connectivity index (χ1) is 16.1. The summed E-state index contributed by atoms with van der Waals surface area (Å²) in [5.74, 6) is 0. The van der Waals surface area contributed by atoms with E-state index in [9.17, 15) is 0 Å². The third-order valence-electron chi connectivity index (χ3n) is 4.78. The molecule has 0 aliphatic heterocycles. The number of ether oxygens (including phenoxy) is 5. The highest BCUT2D eigenvalue weighted by molar-refractivity contribution is 7.38. The van der Waals surface area contributed by atoms with Gasteiger partial charge in [-0.15, -0.1) is 17.2 Å². The minimum atomic E-state index is -0.0778. The zero-order valence-corrected chi connectivity index (χ0v) is 25.7. The zero-order valence-electron chi connectivity index (χ0n) is 23.7. The highest BCUT2D eigenvalue weighted by Crippen LogP contribution is 2.19. The first-order valence-corrected chi connectivity index (χ1v) is 16.3. The number of hydrogen-bond donors (Lipinski definition) is 0. The second kappa shape index (κ2) is 22.8. The lowest BCUT2D eigenvalue weighted by Gasteiger charge is -2.24. The average Bonchev–Trinajstić information content (AvgIpc) is 2.70. The van der Waals surface area contributed by atoms with Gasteiger partial charge < -0.3 is 28.6 Å². The van der Waals surface area contributed by atoms with E-state index in [0.717, 1.165) is 75.2 Å². The van der Waals surface area contributed by atoms with Crippen LogP contribution in [-0.4, -0.2) is 99.4 Å². The quantitative estimate of drug-likeness (QED) is 0.0900. The van der Waals surface area contributed by atoms with Crippen LogP contribution >= 0.6 is 17.2 Å². The smallest absolute Gasteiger partial charge is 0.158 e. The van der Waals surface area contributed by atoms with Crippen molar-refractivity contribution in [1.29, 1.82) is 0 Å². The maximum atomic E-state index is 5.93. The van der Waals surface area contributed by atoms with Gasteiger partial charge in [-0.25, -0.2) is 0 Å². The molecule has 2 unspecified atom stereocenters. The third-order valence-corrected chi connectivity index (χ3v) is 7.21. The van der Waals surface area contributed by atoms with Gasteiger partial charge in [0.1, 0.15) is 0 Å². The lowest BCUT2D eigenvalue weighted by atomic mass is 10.4. The topological polar surface area (TPSA) is 49.4 Å². The van der Waals surface area contributed by atoms with Gasteiger partial charge in [0.25, 0.3) is 0 Å². The molecule has 0 amide bonds. The summed E-state index contributed by atoms with van der Waals surface area (Å²) in [7, 11) is 1.88. The van der Waals surface area contributed by atoms with Crippen LogP contribution in [0.15, 0.2) is 0 Å². The van der Waals surface area contributed by atoms with Gasteiger partial charge in [0.05, 0.1) is 31.0 Å². The molecular weight excluding hydrogens is 468 g/mol. The molecule has 0 aromatic heterocycles. The van der Waals surface area contributed by atoms with Crippen LogP contribution in [0.5, 0.6) is 0 Å². The Morgan fingerprint density at radius 2 is 0.941 bits per heavy atom. The highest BCUT2D eigenvalue weighted by atomic mass is 31.1. The maximum absolute atomic E-state index is 5.93. The van der Waals surface area contributed by atoms with Gasteiger partial charge in [-0.1, -0.05) is 0 Å². The van der Waals surface area contributed by atoms with Crippen LogP contribution < -0.4 is 0 Å². The van der Waals surface area contributed by atoms with E-state index >= 15 is 0 Å². The minimum Gasteiger partial charge on any atom is -0.380 e. The van der Waals surface area contributed by atoms with Crippen molar-refractivity contribution in [3.05, 3.63) is 0 Å². The molecule has 0 aromatic rings. The van der Waals surface area contributed by atoms with Gasteiger partial charge in [0.2, 0.25) is 0 Å². The molecule has 0 aromatic carbocycles. The Kier molecular flexibility index (Phi) is 23.2. The van der Waals surface area contributed by atoms with Gasteiger partial charge in [0, 0.05) is 39.1 Å². The largest absolute Gasteiger partial charge is 0.380 e. The SMILES string of the molecule is CCOCCN(CCPCCC(OC(C)C)OC(C)C)CCPCCC(OC(C)C)OC(C)C. The van der Waals surface area contributed by atoms with Crippen molar-refractivity contribution >= 4 is 17.2 Å². The fourth-order valence-electron chi connectivity index (χ4n) is 3.39. The predicted octanol–water partition coefficient (Wildman–Crippen LogP) is 5.81.